The SMILES string of the molecule is CC(Cc1ccc(Cl)cc1)NCC1CCCCC1C. The van der Waals surface area contributed by atoms with Crippen LogP contribution in [0.2, 0.25) is 5.02 Å². The van der Waals surface area contributed by atoms with Crippen molar-refractivity contribution < 1.29 is 0 Å². The predicted molar refractivity (Wildman–Crippen MR) is 83.7 cm³/mol. The van der Waals surface area contributed by atoms with Crippen LogP contribution in [0.4, 0.5) is 0 Å². The van der Waals surface area contributed by atoms with Gasteiger partial charge >= 0.3 is 0 Å². The molecule has 2 heteroatoms. The molecule has 0 heterocycles. The van der Waals surface area contributed by atoms with Crippen molar-refractivity contribution >= 4 is 11.6 Å². The van der Waals surface area contributed by atoms with Gasteiger partial charge in [-0.15, -0.1) is 0 Å². The first-order valence-corrected chi connectivity index (χ1v) is 8.01. The van der Waals surface area contributed by atoms with Gasteiger partial charge in [0.1, 0.15) is 0 Å². The van der Waals surface area contributed by atoms with Gasteiger partial charge < -0.3 is 5.32 Å². The van der Waals surface area contributed by atoms with E-state index in [2.05, 4.69) is 31.3 Å². The maximum atomic E-state index is 5.91. The first-order chi connectivity index (χ1) is 9.15. The summed E-state index contributed by atoms with van der Waals surface area (Å²) in [7, 11) is 0. The summed E-state index contributed by atoms with van der Waals surface area (Å²) in [5, 5.41) is 4.53. The first-order valence-electron chi connectivity index (χ1n) is 7.63. The molecule has 1 nitrogen and oxygen atoms in total. The standard InChI is InChI=1S/C17H26ClN/c1-13-5-3-4-6-16(13)12-19-14(2)11-15-7-9-17(18)10-8-15/h7-10,13-14,16,19H,3-6,11-12H2,1-2H3. The molecular weight excluding hydrogens is 254 g/mol. The molecule has 0 amide bonds. The van der Waals surface area contributed by atoms with Crippen LogP contribution in [0.3, 0.4) is 0 Å². The summed E-state index contributed by atoms with van der Waals surface area (Å²) in [6.07, 6.45) is 6.75. The fraction of sp³-hybridized carbons (Fsp3) is 0.647. The Hall–Kier alpha value is -0.530. The Kier molecular flexibility index (Phi) is 5.72. The van der Waals surface area contributed by atoms with Crippen molar-refractivity contribution in [3.63, 3.8) is 0 Å². The average Bonchev–Trinajstić information content (AvgIpc) is 2.40. The molecule has 1 aromatic carbocycles. The minimum atomic E-state index is 0.537. The third-order valence-corrected chi connectivity index (χ3v) is 4.72. The second-order valence-corrected chi connectivity index (χ2v) is 6.60. The predicted octanol–water partition coefficient (Wildman–Crippen LogP) is 4.69. The largest absolute Gasteiger partial charge is 0.314 e. The zero-order valence-electron chi connectivity index (χ0n) is 12.2. The minimum Gasteiger partial charge on any atom is -0.314 e. The van der Waals surface area contributed by atoms with Crippen LogP contribution in [-0.4, -0.2) is 12.6 Å². The molecule has 1 N–H and O–H groups in total. The summed E-state index contributed by atoms with van der Waals surface area (Å²) in [6, 6.07) is 8.75. The Morgan fingerprint density at radius 2 is 1.89 bits per heavy atom. The van der Waals surface area contributed by atoms with E-state index in [1.54, 1.807) is 0 Å². The summed E-state index contributed by atoms with van der Waals surface area (Å²) >= 11 is 5.91. The fourth-order valence-electron chi connectivity index (χ4n) is 3.10. The molecule has 0 saturated heterocycles. The fourth-order valence-corrected chi connectivity index (χ4v) is 3.22. The lowest BCUT2D eigenvalue weighted by atomic mass is 9.80. The number of nitrogens with one attached hydrogen (secondary N) is 1. The molecule has 1 aromatic rings. The third kappa shape index (κ3) is 4.81. The Morgan fingerprint density at radius 1 is 1.21 bits per heavy atom. The molecule has 1 fully saturated rings. The maximum absolute atomic E-state index is 5.91. The van der Waals surface area contributed by atoms with E-state index >= 15 is 0 Å². The topological polar surface area (TPSA) is 12.0 Å². The summed E-state index contributed by atoms with van der Waals surface area (Å²) in [5.74, 6) is 1.77. The third-order valence-electron chi connectivity index (χ3n) is 4.47. The Bertz CT molecular complexity index is 373. The zero-order chi connectivity index (χ0) is 13.7. The van der Waals surface area contributed by atoms with E-state index in [0.29, 0.717) is 6.04 Å². The monoisotopic (exact) mass is 279 g/mol. The van der Waals surface area contributed by atoms with Crippen molar-refractivity contribution in [2.45, 2.75) is 52.0 Å². The highest BCUT2D eigenvalue weighted by Gasteiger charge is 2.21. The minimum absolute atomic E-state index is 0.537. The quantitative estimate of drug-likeness (QED) is 0.825. The molecule has 106 valence electrons. The average molecular weight is 280 g/mol. The van der Waals surface area contributed by atoms with E-state index in [9.17, 15) is 0 Å². The molecule has 3 atom stereocenters. The highest BCUT2D eigenvalue weighted by Crippen LogP contribution is 2.28. The zero-order valence-corrected chi connectivity index (χ0v) is 12.9. The van der Waals surface area contributed by atoms with Crippen molar-refractivity contribution in [3.8, 4) is 0 Å². The van der Waals surface area contributed by atoms with Gasteiger partial charge in [-0.05, 0) is 55.8 Å². The Balaban J connectivity index is 1.74. The van der Waals surface area contributed by atoms with Gasteiger partial charge in [-0.3, -0.25) is 0 Å². The second kappa shape index (κ2) is 7.31. The lowest BCUT2D eigenvalue weighted by Crippen LogP contribution is -2.35. The van der Waals surface area contributed by atoms with E-state index in [1.807, 2.05) is 12.1 Å². The molecule has 3 unspecified atom stereocenters. The molecule has 0 aliphatic heterocycles. The van der Waals surface area contributed by atoms with Crippen LogP contribution in [0, 0.1) is 11.8 Å². The van der Waals surface area contributed by atoms with E-state index in [0.717, 1.165) is 23.3 Å². The highest BCUT2D eigenvalue weighted by molar-refractivity contribution is 6.30. The number of hydrogen-bond acceptors (Lipinski definition) is 1. The van der Waals surface area contributed by atoms with Crippen molar-refractivity contribution in [1.29, 1.82) is 0 Å². The van der Waals surface area contributed by atoms with Crippen molar-refractivity contribution in [2.24, 2.45) is 11.8 Å². The van der Waals surface area contributed by atoms with Gasteiger partial charge in [0, 0.05) is 11.1 Å². The van der Waals surface area contributed by atoms with Gasteiger partial charge in [0.05, 0.1) is 0 Å². The molecule has 1 saturated carbocycles. The van der Waals surface area contributed by atoms with Gasteiger partial charge in [0.2, 0.25) is 0 Å². The second-order valence-electron chi connectivity index (χ2n) is 6.16. The molecule has 0 radical (unpaired) electrons. The van der Waals surface area contributed by atoms with Gasteiger partial charge in [-0.25, -0.2) is 0 Å². The molecule has 0 bridgehead atoms. The Labute approximate surface area is 122 Å². The van der Waals surface area contributed by atoms with Crippen LogP contribution in [-0.2, 0) is 6.42 Å². The number of benzene rings is 1. The molecule has 0 spiro atoms. The van der Waals surface area contributed by atoms with Crippen LogP contribution >= 0.6 is 11.6 Å². The molecule has 2 rings (SSSR count). The van der Waals surface area contributed by atoms with Crippen LogP contribution < -0.4 is 5.32 Å². The molecule has 0 aromatic heterocycles. The summed E-state index contributed by atoms with van der Waals surface area (Å²) in [5.41, 5.74) is 1.36. The van der Waals surface area contributed by atoms with Gasteiger partial charge in [-0.2, -0.15) is 0 Å². The molecule has 1 aliphatic carbocycles. The van der Waals surface area contributed by atoms with Crippen molar-refractivity contribution in [2.75, 3.05) is 6.54 Å². The van der Waals surface area contributed by atoms with Gasteiger partial charge in [0.25, 0.3) is 0 Å². The lowest BCUT2D eigenvalue weighted by Gasteiger charge is -2.30. The van der Waals surface area contributed by atoms with Crippen LogP contribution in [0.25, 0.3) is 0 Å². The number of halogens is 1. The van der Waals surface area contributed by atoms with E-state index in [-0.39, 0.29) is 0 Å². The van der Waals surface area contributed by atoms with Crippen LogP contribution in [0.15, 0.2) is 24.3 Å². The van der Waals surface area contributed by atoms with Gasteiger partial charge in [0.15, 0.2) is 0 Å². The van der Waals surface area contributed by atoms with E-state index < -0.39 is 0 Å². The smallest absolute Gasteiger partial charge is 0.0406 e. The maximum Gasteiger partial charge on any atom is 0.0406 e. The first kappa shape index (κ1) is 14.9. The van der Waals surface area contributed by atoms with Crippen molar-refractivity contribution in [3.05, 3.63) is 34.9 Å². The van der Waals surface area contributed by atoms with E-state index in [4.69, 9.17) is 11.6 Å². The van der Waals surface area contributed by atoms with Gasteiger partial charge in [-0.1, -0.05) is 49.9 Å². The summed E-state index contributed by atoms with van der Waals surface area (Å²) < 4.78 is 0. The Morgan fingerprint density at radius 3 is 2.58 bits per heavy atom. The van der Waals surface area contributed by atoms with Crippen LogP contribution in [0.5, 0.6) is 0 Å². The molecule has 19 heavy (non-hydrogen) atoms. The van der Waals surface area contributed by atoms with E-state index in [1.165, 1.54) is 37.8 Å². The lowest BCUT2D eigenvalue weighted by molar-refractivity contribution is 0.242. The number of rotatable bonds is 5. The van der Waals surface area contributed by atoms with Crippen molar-refractivity contribution in [1.82, 2.24) is 5.32 Å². The molecular formula is C17H26ClN. The normalized spacial score (nSPS) is 25.2. The molecule has 1 aliphatic rings. The summed E-state index contributed by atoms with van der Waals surface area (Å²) in [4.78, 5) is 0. The summed E-state index contributed by atoms with van der Waals surface area (Å²) in [6.45, 7) is 5.87. The van der Waals surface area contributed by atoms with Crippen LogP contribution in [0.1, 0.15) is 45.1 Å². The highest BCUT2D eigenvalue weighted by atomic mass is 35.5. The number of hydrogen-bond donors (Lipinski definition) is 1.